The molecule has 17 heavy (non-hydrogen) atoms. The summed E-state index contributed by atoms with van der Waals surface area (Å²) in [4.78, 5) is 11.8. The van der Waals surface area contributed by atoms with E-state index in [1.54, 1.807) is 6.26 Å². The second-order valence-corrected chi connectivity index (χ2v) is 4.20. The predicted molar refractivity (Wildman–Crippen MR) is 65.9 cm³/mol. The van der Waals surface area contributed by atoms with Crippen molar-refractivity contribution in [3.05, 3.63) is 65.6 Å². The lowest BCUT2D eigenvalue weighted by molar-refractivity contribution is 0.0992. The molecule has 0 aliphatic heterocycles. The third kappa shape index (κ3) is 1.82. The van der Waals surface area contributed by atoms with Crippen molar-refractivity contribution < 1.29 is 9.21 Å². The van der Waals surface area contributed by atoms with Crippen molar-refractivity contribution in [1.82, 2.24) is 0 Å². The van der Waals surface area contributed by atoms with E-state index < -0.39 is 0 Å². The molecule has 1 heterocycles. The van der Waals surface area contributed by atoms with Crippen LogP contribution in [0, 0.1) is 0 Å². The highest BCUT2D eigenvalue weighted by Gasteiger charge is 2.26. The predicted octanol–water partition coefficient (Wildman–Crippen LogP) is 3.66. The van der Waals surface area contributed by atoms with Crippen molar-refractivity contribution in [2.75, 3.05) is 0 Å². The van der Waals surface area contributed by atoms with E-state index in [1.807, 2.05) is 48.6 Å². The van der Waals surface area contributed by atoms with Gasteiger partial charge in [0.05, 0.1) is 6.26 Å². The van der Waals surface area contributed by atoms with Crippen molar-refractivity contribution >= 4 is 11.9 Å². The molecule has 0 unspecified atom stereocenters. The summed E-state index contributed by atoms with van der Waals surface area (Å²) >= 11 is 0. The number of rotatable bonds is 2. The molecular formula is C15H12O2. The van der Waals surface area contributed by atoms with E-state index in [9.17, 15) is 4.79 Å². The maximum atomic E-state index is 11.8. The van der Waals surface area contributed by atoms with Crippen LogP contribution in [0.25, 0.3) is 6.08 Å². The molecule has 1 aromatic carbocycles. The number of carbonyl (C=O) groups is 1. The summed E-state index contributed by atoms with van der Waals surface area (Å²) in [7, 11) is 0. The lowest BCUT2D eigenvalue weighted by Crippen LogP contribution is -1.89. The highest BCUT2D eigenvalue weighted by atomic mass is 16.3. The summed E-state index contributed by atoms with van der Waals surface area (Å²) in [6.07, 6.45) is 6.19. The number of fused-ring (bicyclic) bond motifs is 1. The number of furan rings is 1. The average Bonchev–Trinajstić information content (AvgIpc) is 2.96. The van der Waals surface area contributed by atoms with Gasteiger partial charge in [0.2, 0.25) is 0 Å². The van der Waals surface area contributed by atoms with Gasteiger partial charge in [0.15, 0.2) is 5.78 Å². The lowest BCUT2D eigenvalue weighted by Gasteiger charge is -2.03. The van der Waals surface area contributed by atoms with Crippen LogP contribution >= 0.6 is 0 Å². The van der Waals surface area contributed by atoms with E-state index >= 15 is 0 Å². The number of ketones is 1. The van der Waals surface area contributed by atoms with Crippen LogP contribution in [0.4, 0.5) is 0 Å². The molecule has 2 heteroatoms. The summed E-state index contributed by atoms with van der Waals surface area (Å²) in [5, 5.41) is 0. The first-order valence-electron chi connectivity index (χ1n) is 5.68. The van der Waals surface area contributed by atoms with Gasteiger partial charge in [-0.3, -0.25) is 4.79 Å². The largest absolute Gasteiger partial charge is 0.465 e. The van der Waals surface area contributed by atoms with Crippen LogP contribution < -0.4 is 0 Å². The normalized spacial score (nSPS) is 18.8. The monoisotopic (exact) mass is 224 g/mol. The quantitative estimate of drug-likeness (QED) is 0.779. The molecule has 1 aliphatic rings. The molecule has 1 aromatic heterocycles. The lowest BCUT2D eigenvalue weighted by atomic mass is 10.0. The first-order valence-corrected chi connectivity index (χ1v) is 5.68. The van der Waals surface area contributed by atoms with Crippen molar-refractivity contribution in [1.29, 1.82) is 0 Å². The maximum Gasteiger partial charge on any atom is 0.164 e. The first kappa shape index (κ1) is 10.1. The molecule has 2 nitrogen and oxygen atoms in total. The fourth-order valence-electron chi connectivity index (χ4n) is 2.26. The summed E-state index contributed by atoms with van der Waals surface area (Å²) in [6.45, 7) is 0. The first-order chi connectivity index (χ1) is 8.34. The number of hydrogen-bond acceptors (Lipinski definition) is 2. The van der Waals surface area contributed by atoms with Gasteiger partial charge in [-0.05, 0) is 23.8 Å². The second-order valence-electron chi connectivity index (χ2n) is 4.20. The minimum atomic E-state index is 0.184. The number of carbonyl (C=O) groups excluding carboxylic acids is 1. The van der Waals surface area contributed by atoms with Crippen LogP contribution in [-0.4, -0.2) is 5.78 Å². The van der Waals surface area contributed by atoms with Gasteiger partial charge in [-0.1, -0.05) is 30.3 Å². The third-order valence-corrected chi connectivity index (χ3v) is 3.10. The zero-order valence-corrected chi connectivity index (χ0v) is 9.30. The van der Waals surface area contributed by atoms with Crippen LogP contribution in [-0.2, 0) is 0 Å². The number of benzene rings is 1. The molecule has 0 saturated carbocycles. The van der Waals surface area contributed by atoms with Gasteiger partial charge in [-0.25, -0.2) is 0 Å². The van der Waals surface area contributed by atoms with Crippen LogP contribution in [0.5, 0.6) is 0 Å². The van der Waals surface area contributed by atoms with E-state index in [0.29, 0.717) is 6.42 Å². The summed E-state index contributed by atoms with van der Waals surface area (Å²) in [5.74, 6) is 1.24. The van der Waals surface area contributed by atoms with Gasteiger partial charge in [0, 0.05) is 17.9 Å². The summed E-state index contributed by atoms with van der Waals surface area (Å²) in [5.41, 5.74) is 1.99. The molecule has 0 saturated heterocycles. The average molecular weight is 224 g/mol. The van der Waals surface area contributed by atoms with Gasteiger partial charge in [0.25, 0.3) is 0 Å². The van der Waals surface area contributed by atoms with Crippen LogP contribution in [0.15, 0.2) is 53.2 Å². The Kier molecular flexibility index (Phi) is 2.41. The Morgan fingerprint density at radius 3 is 2.88 bits per heavy atom. The van der Waals surface area contributed by atoms with E-state index in [4.69, 9.17) is 4.42 Å². The molecule has 0 N–H and O–H groups in total. The second kappa shape index (κ2) is 4.06. The minimum Gasteiger partial charge on any atom is -0.465 e. The molecule has 1 aliphatic carbocycles. The van der Waals surface area contributed by atoms with Crippen molar-refractivity contribution in [2.24, 2.45) is 0 Å². The summed E-state index contributed by atoms with van der Waals surface area (Å²) in [6, 6.07) is 11.6. The molecule has 0 amide bonds. The fraction of sp³-hybridized carbons (Fsp3) is 0.133. The number of Topliss-reactive ketones (excluding diaryl/α,β-unsaturated/α-hetero) is 1. The topological polar surface area (TPSA) is 30.2 Å². The van der Waals surface area contributed by atoms with E-state index in [-0.39, 0.29) is 11.7 Å². The molecule has 0 fully saturated rings. The van der Waals surface area contributed by atoms with Crippen molar-refractivity contribution in [3.8, 4) is 0 Å². The Morgan fingerprint density at radius 2 is 2.06 bits per heavy atom. The Morgan fingerprint density at radius 1 is 1.18 bits per heavy atom. The van der Waals surface area contributed by atoms with E-state index in [0.717, 1.165) is 16.9 Å². The van der Waals surface area contributed by atoms with Gasteiger partial charge < -0.3 is 4.42 Å². The zero-order chi connectivity index (χ0) is 11.7. The minimum absolute atomic E-state index is 0.184. The fourth-order valence-corrected chi connectivity index (χ4v) is 2.26. The molecule has 84 valence electrons. The smallest absolute Gasteiger partial charge is 0.164 e. The SMILES string of the molecule is O=C1C[C@@H](/C=C/c2ccco2)c2ccccc21. The highest BCUT2D eigenvalue weighted by molar-refractivity contribution is 6.01. The van der Waals surface area contributed by atoms with E-state index in [2.05, 4.69) is 0 Å². The standard InChI is InChI=1S/C15H12O2/c16-15-10-11(7-8-12-4-3-9-17-12)13-5-1-2-6-14(13)15/h1-9,11H,10H2/b8-7+/t11-/m1/s1. The molecule has 2 aromatic rings. The van der Waals surface area contributed by atoms with Crippen LogP contribution in [0.1, 0.15) is 34.0 Å². The zero-order valence-electron chi connectivity index (χ0n) is 9.30. The molecule has 1 atom stereocenters. The molecule has 0 radical (unpaired) electrons. The number of allylic oxidation sites excluding steroid dienone is 1. The Bertz CT molecular complexity index is 564. The Balaban J connectivity index is 1.90. The van der Waals surface area contributed by atoms with Gasteiger partial charge in [-0.2, -0.15) is 0 Å². The van der Waals surface area contributed by atoms with E-state index in [1.165, 1.54) is 0 Å². The maximum absolute atomic E-state index is 11.8. The molecule has 0 bridgehead atoms. The molecular weight excluding hydrogens is 212 g/mol. The Hall–Kier alpha value is -2.09. The van der Waals surface area contributed by atoms with Gasteiger partial charge in [-0.15, -0.1) is 0 Å². The third-order valence-electron chi connectivity index (χ3n) is 3.10. The van der Waals surface area contributed by atoms with Crippen molar-refractivity contribution in [2.45, 2.75) is 12.3 Å². The van der Waals surface area contributed by atoms with Crippen LogP contribution in [0.2, 0.25) is 0 Å². The van der Waals surface area contributed by atoms with Gasteiger partial charge >= 0.3 is 0 Å². The number of hydrogen-bond donors (Lipinski definition) is 0. The summed E-state index contributed by atoms with van der Waals surface area (Å²) < 4.78 is 5.24. The van der Waals surface area contributed by atoms with Gasteiger partial charge in [0.1, 0.15) is 5.76 Å². The molecule has 3 rings (SSSR count). The highest BCUT2D eigenvalue weighted by Crippen LogP contribution is 2.34. The van der Waals surface area contributed by atoms with Crippen molar-refractivity contribution in [3.63, 3.8) is 0 Å². The van der Waals surface area contributed by atoms with Crippen LogP contribution in [0.3, 0.4) is 0 Å². The molecule has 0 spiro atoms. The Labute approximate surface area is 99.6 Å².